The van der Waals surface area contributed by atoms with E-state index in [1.54, 1.807) is 53.4 Å². The van der Waals surface area contributed by atoms with Crippen LogP contribution in [0, 0.1) is 17.7 Å². The van der Waals surface area contributed by atoms with Crippen LogP contribution in [0.2, 0.25) is 0 Å². The van der Waals surface area contributed by atoms with Crippen molar-refractivity contribution in [1.82, 2.24) is 10.0 Å². The molecule has 1 fully saturated rings. The lowest BCUT2D eigenvalue weighted by molar-refractivity contribution is -0.138. The van der Waals surface area contributed by atoms with Crippen LogP contribution in [0.15, 0.2) is 72.8 Å². The molecule has 2 amide bonds. The van der Waals surface area contributed by atoms with Crippen LogP contribution in [0.1, 0.15) is 28.8 Å². The van der Waals surface area contributed by atoms with Crippen LogP contribution in [0.25, 0.3) is 0 Å². The van der Waals surface area contributed by atoms with E-state index in [9.17, 15) is 32.3 Å². The lowest BCUT2D eigenvalue weighted by Gasteiger charge is -2.47. The quantitative estimate of drug-likeness (QED) is 0.160. The Morgan fingerprint density at radius 1 is 1.07 bits per heavy atom. The fraction of sp³-hybridized carbons (Fsp3) is 0.258. The average molecular weight is 656 g/mol. The summed E-state index contributed by atoms with van der Waals surface area (Å²) >= 11 is 1.28. The number of rotatable bonds is 13. The highest BCUT2D eigenvalue weighted by Crippen LogP contribution is 2.46. The molecule has 4 rings (SSSR count). The standard InChI is InChI=1S/C31H30FN3O8S2/c1-45(41,42)34-16-2-3-20-4-12-24(13-5-20)35-29(22-8-14-25(15-9-22)43-18-27(37)33-17-28(38)39)30(31(35)40)44-19-26(36)21-6-10-23(32)11-7-21/h4-15,26,29-30,34,36H,16-19H2,1H3,(H,33,37)(H,38,39)/t26-,29+,30+/m0/s1. The van der Waals surface area contributed by atoms with Crippen molar-refractivity contribution in [3.63, 3.8) is 0 Å². The van der Waals surface area contributed by atoms with E-state index in [0.29, 0.717) is 22.6 Å². The Hall–Kier alpha value is -4.42. The summed E-state index contributed by atoms with van der Waals surface area (Å²) < 4.78 is 43.5. The minimum absolute atomic E-state index is 0.0390. The number of aliphatic hydroxyl groups is 1. The summed E-state index contributed by atoms with van der Waals surface area (Å²) in [6.45, 7) is -0.932. The highest BCUT2D eigenvalue weighted by Gasteiger charge is 2.49. The number of carboxylic acid groups (broad SMARTS) is 1. The maximum Gasteiger partial charge on any atom is 0.322 e. The predicted octanol–water partition coefficient (Wildman–Crippen LogP) is 2.23. The number of aliphatic hydroxyl groups excluding tert-OH is 1. The monoisotopic (exact) mass is 655 g/mol. The Bertz CT molecular complexity index is 1690. The Balaban J connectivity index is 1.49. The number of ether oxygens (including phenoxy) is 1. The van der Waals surface area contributed by atoms with Gasteiger partial charge in [-0.3, -0.25) is 14.4 Å². The Morgan fingerprint density at radius 2 is 1.73 bits per heavy atom. The summed E-state index contributed by atoms with van der Waals surface area (Å²) in [6.07, 6.45) is 0.125. The van der Waals surface area contributed by atoms with Crippen LogP contribution in [0.5, 0.6) is 5.75 Å². The highest BCUT2D eigenvalue weighted by atomic mass is 32.2. The molecule has 4 N–H and O–H groups in total. The molecule has 0 bridgehead atoms. The van der Waals surface area contributed by atoms with E-state index in [1.807, 2.05) is 0 Å². The molecule has 0 unspecified atom stereocenters. The van der Waals surface area contributed by atoms with E-state index in [4.69, 9.17) is 9.84 Å². The van der Waals surface area contributed by atoms with E-state index in [-0.39, 0.29) is 24.8 Å². The van der Waals surface area contributed by atoms with Crippen LogP contribution in [0.4, 0.5) is 10.1 Å². The molecule has 11 nitrogen and oxygen atoms in total. The van der Waals surface area contributed by atoms with Crippen LogP contribution >= 0.6 is 11.8 Å². The number of sulfonamides is 1. The van der Waals surface area contributed by atoms with E-state index < -0.39 is 51.7 Å². The second kappa shape index (κ2) is 15.0. The molecule has 1 saturated heterocycles. The third-order valence-electron chi connectivity index (χ3n) is 6.56. The first-order valence-electron chi connectivity index (χ1n) is 13.5. The van der Waals surface area contributed by atoms with Crippen molar-refractivity contribution in [2.45, 2.75) is 17.4 Å². The van der Waals surface area contributed by atoms with Gasteiger partial charge in [-0.05, 0) is 59.7 Å². The number of β-lactam (4-membered cyclic amide) rings is 1. The number of nitrogens with one attached hydrogen (secondary N) is 2. The zero-order chi connectivity index (χ0) is 32.6. The molecule has 1 heterocycles. The lowest BCUT2D eigenvalue weighted by atomic mass is 9.92. The zero-order valence-corrected chi connectivity index (χ0v) is 25.6. The lowest BCUT2D eigenvalue weighted by Crippen LogP contribution is -2.57. The molecule has 0 saturated carbocycles. The summed E-state index contributed by atoms with van der Waals surface area (Å²) in [4.78, 5) is 37.5. The number of aliphatic carboxylic acids is 1. The first-order valence-corrected chi connectivity index (χ1v) is 16.5. The van der Waals surface area contributed by atoms with Gasteiger partial charge >= 0.3 is 5.97 Å². The number of carboxylic acids is 1. The van der Waals surface area contributed by atoms with Gasteiger partial charge in [0.15, 0.2) is 6.61 Å². The van der Waals surface area contributed by atoms with E-state index >= 15 is 0 Å². The number of benzene rings is 3. The second-order valence-corrected chi connectivity index (χ2v) is 13.0. The van der Waals surface area contributed by atoms with Crippen molar-refractivity contribution in [3.8, 4) is 17.6 Å². The highest BCUT2D eigenvalue weighted by molar-refractivity contribution is 8.00. The van der Waals surface area contributed by atoms with Crippen molar-refractivity contribution in [3.05, 3.63) is 95.3 Å². The van der Waals surface area contributed by atoms with E-state index in [2.05, 4.69) is 21.9 Å². The Kier molecular flexibility index (Phi) is 11.2. The number of anilines is 1. The van der Waals surface area contributed by atoms with Gasteiger partial charge in [0.2, 0.25) is 15.9 Å². The SMILES string of the molecule is CS(=O)(=O)NCC#Cc1ccc(N2C(=O)[C@H](SC[C@H](O)c3ccc(F)cc3)[C@H]2c2ccc(OCC(=O)NCC(=O)O)cc2)cc1. The molecule has 0 spiro atoms. The number of hydrogen-bond acceptors (Lipinski definition) is 8. The normalized spacial score (nSPS) is 16.6. The largest absolute Gasteiger partial charge is 0.484 e. The van der Waals surface area contributed by atoms with Gasteiger partial charge in [-0.15, -0.1) is 11.8 Å². The van der Waals surface area contributed by atoms with Crippen molar-refractivity contribution in [2.75, 3.05) is 36.6 Å². The molecule has 1 aliphatic heterocycles. The van der Waals surface area contributed by atoms with Crippen LogP contribution in [0.3, 0.4) is 0 Å². The predicted molar refractivity (Wildman–Crippen MR) is 167 cm³/mol. The fourth-order valence-electron chi connectivity index (χ4n) is 4.37. The van der Waals surface area contributed by atoms with Crippen molar-refractivity contribution in [2.24, 2.45) is 0 Å². The third kappa shape index (κ3) is 9.53. The van der Waals surface area contributed by atoms with E-state index in [1.165, 1.54) is 36.0 Å². The second-order valence-electron chi connectivity index (χ2n) is 9.94. The molecule has 1 aliphatic rings. The Labute approximate surface area is 263 Å². The summed E-state index contributed by atoms with van der Waals surface area (Å²) in [6, 6.07) is 18.8. The van der Waals surface area contributed by atoms with Gasteiger partial charge in [-0.1, -0.05) is 36.1 Å². The number of hydrogen-bond donors (Lipinski definition) is 4. The molecule has 45 heavy (non-hydrogen) atoms. The maximum atomic E-state index is 13.5. The molecular formula is C31H30FN3O8S2. The number of nitrogens with zero attached hydrogens (tertiary/aromatic N) is 1. The molecule has 0 aliphatic carbocycles. The van der Waals surface area contributed by atoms with Crippen LogP contribution in [-0.2, 0) is 24.4 Å². The van der Waals surface area contributed by atoms with E-state index in [0.717, 1.165) is 11.8 Å². The number of carbonyl (C=O) groups excluding carboxylic acids is 2. The van der Waals surface area contributed by atoms with Gasteiger partial charge in [-0.2, -0.15) is 0 Å². The van der Waals surface area contributed by atoms with Gasteiger partial charge in [0.1, 0.15) is 23.4 Å². The third-order valence-corrected chi connectivity index (χ3v) is 8.56. The van der Waals surface area contributed by atoms with Gasteiger partial charge in [0.05, 0.1) is 24.9 Å². The number of thioether (sulfide) groups is 1. The van der Waals surface area contributed by atoms with Gasteiger partial charge in [0, 0.05) is 17.0 Å². The average Bonchev–Trinajstić information content (AvgIpc) is 3.00. The molecule has 0 aromatic heterocycles. The first kappa shape index (κ1) is 33.5. The number of halogens is 1. The summed E-state index contributed by atoms with van der Waals surface area (Å²) in [5.74, 6) is 3.80. The molecule has 3 atom stereocenters. The number of amides is 2. The topological polar surface area (TPSA) is 162 Å². The molecular weight excluding hydrogens is 625 g/mol. The summed E-state index contributed by atoms with van der Waals surface area (Å²) in [5.41, 5.74) is 2.53. The number of carbonyl (C=O) groups is 3. The molecule has 3 aromatic rings. The van der Waals surface area contributed by atoms with Crippen molar-refractivity contribution < 1.29 is 42.1 Å². The van der Waals surface area contributed by atoms with Crippen LogP contribution < -0.4 is 19.7 Å². The van der Waals surface area contributed by atoms with Crippen molar-refractivity contribution >= 4 is 45.3 Å². The minimum Gasteiger partial charge on any atom is -0.484 e. The zero-order valence-electron chi connectivity index (χ0n) is 24.0. The first-order chi connectivity index (χ1) is 21.4. The minimum atomic E-state index is -3.35. The summed E-state index contributed by atoms with van der Waals surface area (Å²) in [5, 5.41) is 21.0. The maximum absolute atomic E-state index is 13.5. The van der Waals surface area contributed by atoms with Crippen molar-refractivity contribution in [1.29, 1.82) is 0 Å². The summed E-state index contributed by atoms with van der Waals surface area (Å²) in [7, 11) is -3.35. The molecule has 14 heteroatoms. The Morgan fingerprint density at radius 3 is 2.36 bits per heavy atom. The molecule has 236 valence electrons. The van der Waals surface area contributed by atoms with Gasteiger partial charge in [0.25, 0.3) is 5.91 Å². The molecule has 3 aromatic carbocycles. The van der Waals surface area contributed by atoms with Gasteiger partial charge < -0.3 is 25.2 Å². The molecule has 0 radical (unpaired) electrons. The fourth-order valence-corrected chi connectivity index (χ4v) is 6.00. The van der Waals surface area contributed by atoms with Crippen LogP contribution in [-0.4, -0.2) is 73.4 Å². The van der Waals surface area contributed by atoms with Gasteiger partial charge in [-0.25, -0.2) is 17.5 Å². The smallest absolute Gasteiger partial charge is 0.322 e.